The summed E-state index contributed by atoms with van der Waals surface area (Å²) in [6.45, 7) is 1.01. The highest BCUT2D eigenvalue weighted by atomic mass is 16.5. The zero-order valence-electron chi connectivity index (χ0n) is 18.5. The number of pyridine rings is 1. The van der Waals surface area contributed by atoms with Gasteiger partial charge in [-0.05, 0) is 11.1 Å². The van der Waals surface area contributed by atoms with Crippen LogP contribution in [0.2, 0.25) is 0 Å². The number of aromatic nitrogens is 2. The number of nitrogens with zero attached hydrogens (tertiary/aromatic N) is 4. The average Bonchev–Trinajstić information content (AvgIpc) is 3.34. The van der Waals surface area contributed by atoms with Crippen molar-refractivity contribution in [3.05, 3.63) is 94.2 Å². The number of carbonyl (C=O) groups excluding carboxylic acids is 1. The largest absolute Gasteiger partial charge is 0.502 e. The number of oxazole rings is 1. The lowest BCUT2D eigenvalue weighted by atomic mass is 9.92. The van der Waals surface area contributed by atoms with Gasteiger partial charge in [0.15, 0.2) is 23.6 Å². The van der Waals surface area contributed by atoms with E-state index in [-0.39, 0.29) is 12.3 Å². The molecule has 1 amide bonds. The maximum atomic E-state index is 13.4. The fourth-order valence-corrected chi connectivity index (χ4v) is 5.51. The summed E-state index contributed by atoms with van der Waals surface area (Å²) in [6, 6.07) is 16.8. The van der Waals surface area contributed by atoms with Crippen LogP contribution in [-0.4, -0.2) is 51.5 Å². The third-order valence-electron chi connectivity index (χ3n) is 7.02. The van der Waals surface area contributed by atoms with Crippen molar-refractivity contribution < 1.29 is 19.1 Å². The third-order valence-corrected chi connectivity index (χ3v) is 7.02. The molecular weight excluding hydrogens is 448 g/mol. The highest BCUT2D eigenvalue weighted by Gasteiger charge is 2.46. The zero-order valence-corrected chi connectivity index (χ0v) is 18.5. The molecule has 7 rings (SSSR count). The van der Waals surface area contributed by atoms with Crippen molar-refractivity contribution in [3.63, 3.8) is 0 Å². The maximum Gasteiger partial charge on any atom is 0.278 e. The molecule has 0 spiro atoms. The average molecular weight is 468 g/mol. The molecule has 4 heterocycles. The summed E-state index contributed by atoms with van der Waals surface area (Å²) in [5, 5.41) is 12.7. The van der Waals surface area contributed by atoms with Crippen molar-refractivity contribution in [1.29, 1.82) is 0 Å². The van der Waals surface area contributed by atoms with Crippen molar-refractivity contribution in [2.24, 2.45) is 0 Å². The van der Waals surface area contributed by atoms with E-state index in [1.54, 1.807) is 15.8 Å². The van der Waals surface area contributed by atoms with E-state index in [0.29, 0.717) is 18.9 Å². The van der Waals surface area contributed by atoms with Crippen LogP contribution in [0.3, 0.4) is 0 Å². The van der Waals surface area contributed by atoms with Gasteiger partial charge in [0.05, 0.1) is 19.3 Å². The number of carbonyl (C=O) groups is 1. The molecule has 9 nitrogen and oxygen atoms in total. The lowest BCUT2D eigenvalue weighted by Gasteiger charge is -2.51. The first-order valence-corrected chi connectivity index (χ1v) is 11.4. The zero-order chi connectivity index (χ0) is 23.7. The monoisotopic (exact) mass is 468 g/mol. The summed E-state index contributed by atoms with van der Waals surface area (Å²) in [5.41, 5.74) is 3.78. The highest BCUT2D eigenvalue weighted by molar-refractivity contribution is 5.96. The Morgan fingerprint density at radius 1 is 0.971 bits per heavy atom. The molecule has 1 fully saturated rings. The number of morpholine rings is 1. The summed E-state index contributed by atoms with van der Waals surface area (Å²) < 4.78 is 13.3. The van der Waals surface area contributed by atoms with Gasteiger partial charge in [0.1, 0.15) is 11.9 Å². The van der Waals surface area contributed by atoms with Crippen LogP contribution in [0.15, 0.2) is 76.4 Å². The fraction of sp³-hybridized carbons (Fsp3) is 0.192. The molecule has 35 heavy (non-hydrogen) atoms. The Labute approximate surface area is 199 Å². The molecule has 9 heteroatoms. The number of hydrogen-bond donors (Lipinski definition) is 1. The number of hydrogen-bond acceptors (Lipinski definition) is 7. The van der Waals surface area contributed by atoms with Crippen LogP contribution in [0.1, 0.15) is 27.7 Å². The van der Waals surface area contributed by atoms with Crippen LogP contribution in [0, 0.1) is 0 Å². The molecule has 2 aromatic heterocycles. The smallest absolute Gasteiger partial charge is 0.278 e. The van der Waals surface area contributed by atoms with Gasteiger partial charge in [-0.3, -0.25) is 19.3 Å². The minimum atomic E-state index is -0.596. The van der Waals surface area contributed by atoms with Crippen LogP contribution >= 0.6 is 0 Å². The molecule has 1 saturated heterocycles. The van der Waals surface area contributed by atoms with Gasteiger partial charge < -0.3 is 19.2 Å². The second kappa shape index (κ2) is 7.31. The normalized spacial score (nSPS) is 20.3. The summed E-state index contributed by atoms with van der Waals surface area (Å²) in [6.07, 6.45) is 2.54. The van der Waals surface area contributed by atoms with Gasteiger partial charge in [0, 0.05) is 29.9 Å². The Hall–Kier alpha value is -4.37. The molecule has 4 aromatic rings. The van der Waals surface area contributed by atoms with E-state index in [1.807, 2.05) is 53.5 Å². The van der Waals surface area contributed by atoms with Crippen LogP contribution in [0.25, 0.3) is 22.6 Å². The van der Waals surface area contributed by atoms with Crippen LogP contribution in [0.5, 0.6) is 5.75 Å². The molecule has 1 aliphatic carbocycles. The van der Waals surface area contributed by atoms with Gasteiger partial charge in [-0.1, -0.05) is 48.5 Å². The van der Waals surface area contributed by atoms with Gasteiger partial charge >= 0.3 is 0 Å². The quantitative estimate of drug-likeness (QED) is 0.458. The van der Waals surface area contributed by atoms with Crippen molar-refractivity contribution in [1.82, 2.24) is 14.6 Å². The Kier molecular flexibility index (Phi) is 4.19. The minimum absolute atomic E-state index is 0.0513. The number of ether oxygens (including phenoxy) is 1. The van der Waals surface area contributed by atoms with E-state index in [1.165, 1.54) is 12.5 Å². The standard InChI is InChI=1S/C26H20N4O5/c31-19-9-10-29-23(24(19)32)26(33)28-11-12-34-13-20(28)30(29)22-16-6-2-1-5-15(16)21-25(35-14-27-21)18-8-4-3-7-17(18)22/h1-10,14,20,22,32H,11-13H2/t20-,22+/m0/s1. The maximum absolute atomic E-state index is 13.4. The van der Waals surface area contributed by atoms with Crippen molar-refractivity contribution in [3.8, 4) is 28.3 Å². The summed E-state index contributed by atoms with van der Waals surface area (Å²) in [4.78, 5) is 32.0. The molecule has 174 valence electrons. The van der Waals surface area contributed by atoms with E-state index < -0.39 is 29.3 Å². The van der Waals surface area contributed by atoms with Crippen LogP contribution in [0.4, 0.5) is 0 Å². The Bertz CT molecular complexity index is 1500. The van der Waals surface area contributed by atoms with Crippen molar-refractivity contribution >= 4 is 5.91 Å². The number of amides is 1. The highest BCUT2D eigenvalue weighted by Crippen LogP contribution is 2.47. The number of benzene rings is 2. The van der Waals surface area contributed by atoms with Gasteiger partial charge in [0.25, 0.3) is 5.91 Å². The Morgan fingerprint density at radius 3 is 2.54 bits per heavy atom. The number of aromatic hydroxyl groups is 1. The first kappa shape index (κ1) is 20.0. The number of rotatable bonds is 1. The van der Waals surface area contributed by atoms with E-state index in [9.17, 15) is 14.7 Å². The van der Waals surface area contributed by atoms with Gasteiger partial charge in [0.2, 0.25) is 5.43 Å². The van der Waals surface area contributed by atoms with Gasteiger partial charge in [-0.15, -0.1) is 0 Å². The molecule has 2 aromatic carbocycles. The molecule has 2 aliphatic heterocycles. The van der Waals surface area contributed by atoms with E-state index in [2.05, 4.69) is 4.98 Å². The van der Waals surface area contributed by atoms with Crippen LogP contribution in [-0.2, 0) is 4.74 Å². The third kappa shape index (κ3) is 2.69. The summed E-state index contributed by atoms with van der Waals surface area (Å²) in [7, 11) is 0. The molecular formula is C26H20N4O5. The predicted molar refractivity (Wildman–Crippen MR) is 125 cm³/mol. The van der Waals surface area contributed by atoms with E-state index in [4.69, 9.17) is 9.15 Å². The number of fused-ring (bicyclic) bond motifs is 7. The van der Waals surface area contributed by atoms with Crippen molar-refractivity contribution in [2.75, 3.05) is 24.8 Å². The molecule has 3 aliphatic rings. The lowest BCUT2D eigenvalue weighted by Crippen LogP contribution is -2.66. The molecule has 2 atom stereocenters. The molecule has 1 N–H and O–H groups in total. The lowest BCUT2D eigenvalue weighted by molar-refractivity contribution is -0.0196. The Balaban J connectivity index is 1.57. The first-order valence-electron chi connectivity index (χ1n) is 11.4. The fourth-order valence-electron chi connectivity index (χ4n) is 5.51. The summed E-state index contributed by atoms with van der Waals surface area (Å²) in [5.74, 6) is -0.284. The van der Waals surface area contributed by atoms with E-state index >= 15 is 0 Å². The summed E-state index contributed by atoms with van der Waals surface area (Å²) >= 11 is 0. The van der Waals surface area contributed by atoms with Gasteiger partial charge in [-0.25, -0.2) is 4.98 Å². The molecule has 0 radical (unpaired) electrons. The van der Waals surface area contributed by atoms with Crippen LogP contribution < -0.4 is 10.4 Å². The van der Waals surface area contributed by atoms with E-state index in [0.717, 1.165) is 27.9 Å². The second-order valence-electron chi connectivity index (χ2n) is 8.76. The molecule has 0 bridgehead atoms. The first-order chi connectivity index (χ1) is 17.1. The van der Waals surface area contributed by atoms with Crippen molar-refractivity contribution in [2.45, 2.75) is 12.2 Å². The predicted octanol–water partition coefficient (Wildman–Crippen LogP) is 2.73. The second-order valence-corrected chi connectivity index (χ2v) is 8.76. The molecule has 0 unspecified atom stereocenters. The Morgan fingerprint density at radius 2 is 1.71 bits per heavy atom. The van der Waals surface area contributed by atoms with Gasteiger partial charge in [-0.2, -0.15) is 0 Å². The molecule has 0 saturated carbocycles. The minimum Gasteiger partial charge on any atom is -0.502 e. The topological polar surface area (TPSA) is 101 Å². The SMILES string of the molecule is O=C1c2c(O)c(=O)ccn2N([C@@H]2c3ccccc3-c3ncoc3-c3ccccc32)[C@H]2COCCN12.